The van der Waals surface area contributed by atoms with Crippen LogP contribution < -0.4 is 16.4 Å². The van der Waals surface area contributed by atoms with Crippen LogP contribution >= 0.6 is 31.9 Å². The van der Waals surface area contributed by atoms with Gasteiger partial charge in [-0.25, -0.2) is 19.6 Å². The lowest BCUT2D eigenvalue weighted by Crippen LogP contribution is -2.51. The molecule has 4 fully saturated rings. The number of cyclic esters (lactones) is 2. The van der Waals surface area contributed by atoms with Gasteiger partial charge in [-0.2, -0.15) is 0 Å². The number of nitrogens with two attached hydrogens (primary N) is 1. The predicted molar refractivity (Wildman–Crippen MR) is 569 cm³/mol. The highest BCUT2D eigenvalue weighted by Gasteiger charge is 2.52. The standard InChI is InChI=1S/C36H44O.C35H42O.C25H24BrN3O5.C24H23BrN4O5/c1-23(2)35(8,21-29-13-10-24(3)11-14-29)22-34(37)36(9)17-16-33(36)28(7)32-20-30(19-27(32)6)31-15-12-25(4)18-26(31)5;1-23(2)34(7,21-28-12-9-24(3)10-13-28)22-33(36)35(8)16-15-31(35)20-29-19-30(18-26(29)5)32-14-11-25(4)17-27(32)6;1-15(30)20(13-16-4-10-19(31)11-5-16)27-23(32)22-3-2-12-29(22)14-21-25(33)34-24(28-21)17-6-8-18(26)9-7-17;25-16-7-5-15(6-8-16)23-28-19(24(33)34-23)13-29-11-1-2-20(29)22(32)27-18(21(26)31)12-14-3-9-17(30)10-4-14/h10-15,18,20,33H,1,6,16-17,19,21-22H2,2-5,7-9H3;9-14,17,19-20,31H,1,5,15-16,18,21-22H2,2-4,6-8H3;4-11,14,20,22,31H,2-3,12-13H2,1H3,(H,27,32);3-10,13,18,20,30H,1-2,11-12H2,(H2,26,31)(H,27,32)/b32-28+;29-20+;21-14-;19-13+/t33?,35-,36-;31?,34-,35-;20-,22-;18-,20-/m1100/s1. The van der Waals surface area contributed by atoms with E-state index < -0.39 is 42.0 Å². The van der Waals surface area contributed by atoms with Crippen LogP contribution in [0.15, 0.2) is 308 Å². The van der Waals surface area contributed by atoms with Crippen LogP contribution in [0.25, 0.3) is 11.1 Å². The highest BCUT2D eigenvalue weighted by atomic mass is 79.9. The van der Waals surface area contributed by atoms with Crippen LogP contribution in [0.4, 0.5) is 0 Å². The Kier molecular flexibility index (Phi) is 33.8. The molecule has 0 spiro atoms. The van der Waals surface area contributed by atoms with Crippen molar-refractivity contribution in [2.24, 2.45) is 49.2 Å². The summed E-state index contributed by atoms with van der Waals surface area (Å²) in [5, 5.41) is 24.5. The minimum Gasteiger partial charge on any atom is -0.508 e. The maximum Gasteiger partial charge on any atom is 0.365 e. The molecule has 2 saturated carbocycles. The number of benzene rings is 8. The van der Waals surface area contributed by atoms with Crippen LogP contribution in [0.3, 0.4) is 0 Å². The molecule has 3 amide bonds. The first-order chi connectivity index (χ1) is 66.8. The summed E-state index contributed by atoms with van der Waals surface area (Å²) in [7, 11) is 0. The molecule has 8 aliphatic rings. The van der Waals surface area contributed by atoms with Gasteiger partial charge in [0.25, 0.3) is 0 Å². The lowest BCUT2D eigenvalue weighted by atomic mass is 9.54. The molecule has 8 aromatic carbocycles. The molecule has 4 heterocycles. The van der Waals surface area contributed by atoms with E-state index in [1.807, 2.05) is 24.3 Å². The zero-order valence-corrected chi connectivity index (χ0v) is 87.0. The van der Waals surface area contributed by atoms with Crippen LogP contribution in [0.1, 0.15) is 210 Å². The van der Waals surface area contributed by atoms with Gasteiger partial charge >= 0.3 is 11.9 Å². The Hall–Kier alpha value is -13.0. The van der Waals surface area contributed by atoms with Crippen LogP contribution in [0, 0.1) is 75.0 Å². The Morgan fingerprint density at radius 1 is 0.525 bits per heavy atom. The summed E-state index contributed by atoms with van der Waals surface area (Å²) in [5.41, 5.74) is 31.4. The Morgan fingerprint density at radius 2 is 0.922 bits per heavy atom. The van der Waals surface area contributed by atoms with Crippen molar-refractivity contribution >= 4 is 102 Å². The molecule has 734 valence electrons. The fraction of sp³-hybridized carbons (Fsp3) is 0.350. The van der Waals surface area contributed by atoms with E-state index in [0.717, 1.165) is 101 Å². The van der Waals surface area contributed by atoms with E-state index in [4.69, 9.17) is 15.2 Å². The number of allylic oxidation sites excluding steroid dienone is 12. The van der Waals surface area contributed by atoms with Crippen molar-refractivity contribution in [3.8, 4) is 11.5 Å². The average Bonchev–Trinajstić information content (AvgIpc) is 1.73. The molecule has 8 aromatic rings. The van der Waals surface area contributed by atoms with Gasteiger partial charge < -0.3 is 45.9 Å². The summed E-state index contributed by atoms with van der Waals surface area (Å²) >= 11 is 6.73. The van der Waals surface area contributed by atoms with Crippen molar-refractivity contribution in [2.45, 2.75) is 224 Å². The number of carbonyl (C=O) groups is 8. The molecule has 19 nitrogen and oxygen atoms in total. The second-order valence-electron chi connectivity index (χ2n) is 40.9. The second-order valence-corrected chi connectivity index (χ2v) is 42.7. The summed E-state index contributed by atoms with van der Waals surface area (Å²) < 4.78 is 12.4. The lowest BCUT2D eigenvalue weighted by molar-refractivity contribution is -0.138. The molecule has 0 bridgehead atoms. The van der Waals surface area contributed by atoms with Crippen molar-refractivity contribution in [3.05, 3.63) is 376 Å². The number of primary amides is 1. The monoisotopic (exact) mass is 2020 g/mol. The zero-order chi connectivity index (χ0) is 102. The van der Waals surface area contributed by atoms with Gasteiger partial charge in [0.2, 0.25) is 29.5 Å². The number of Topliss-reactive ketones (excluding diaryl/α,β-unsaturated/α-hetero) is 3. The second kappa shape index (κ2) is 45.3. The molecule has 0 aromatic heterocycles. The van der Waals surface area contributed by atoms with E-state index in [9.17, 15) is 48.6 Å². The first-order valence-corrected chi connectivity index (χ1v) is 50.3. The van der Waals surface area contributed by atoms with E-state index in [0.29, 0.717) is 67.9 Å². The number of nitrogens with one attached hydrogen (secondary N) is 2. The molecule has 141 heavy (non-hydrogen) atoms. The van der Waals surface area contributed by atoms with Crippen LogP contribution in [-0.4, -0.2) is 116 Å². The fourth-order valence-corrected chi connectivity index (χ4v) is 20.6. The number of aromatic hydroxyl groups is 2. The fourth-order valence-electron chi connectivity index (χ4n) is 20.0. The highest BCUT2D eigenvalue weighted by molar-refractivity contribution is 9.10. The molecule has 6 N–H and O–H groups in total. The highest BCUT2D eigenvalue weighted by Crippen LogP contribution is 2.56. The van der Waals surface area contributed by atoms with E-state index in [1.54, 1.807) is 76.7 Å². The molecule has 21 heteroatoms. The maximum atomic E-state index is 14.0. The summed E-state index contributed by atoms with van der Waals surface area (Å²) in [6, 6.07) is 55.3. The van der Waals surface area contributed by atoms with Gasteiger partial charge in [0.05, 0.1) is 6.04 Å². The Labute approximate surface area is 848 Å². The number of rotatable bonds is 30. The van der Waals surface area contributed by atoms with Crippen LogP contribution in [0.2, 0.25) is 0 Å². The van der Waals surface area contributed by atoms with E-state index in [2.05, 4.69) is 272 Å². The smallest absolute Gasteiger partial charge is 0.365 e. The predicted octanol–water partition coefficient (Wildman–Crippen LogP) is 23.6. The largest absolute Gasteiger partial charge is 0.508 e. The molecule has 4 aliphatic heterocycles. The third kappa shape index (κ3) is 25.9. The molecule has 2 saturated heterocycles. The van der Waals surface area contributed by atoms with Crippen molar-refractivity contribution in [1.29, 1.82) is 0 Å². The number of halogens is 2. The number of phenols is 2. The number of esters is 2. The minimum absolute atomic E-state index is 0.105. The van der Waals surface area contributed by atoms with Gasteiger partial charge in [0.15, 0.2) is 17.2 Å². The first kappa shape index (κ1) is 105. The van der Waals surface area contributed by atoms with Gasteiger partial charge in [-0.3, -0.25) is 28.8 Å². The number of phenolic OH excluding ortho intramolecular Hbond substituents is 2. The number of aryl methyl sites for hydroxylation is 6. The lowest BCUT2D eigenvalue weighted by Gasteiger charge is -2.48. The SMILES string of the molecule is C=C1CC(c2ccc(C)cc2C)=C/C1=C(/C)C1CC[C@@]1(C)C(=O)C[C@@](C)(Cc1ccc(C)cc1)C(=C)C.C=C1CC(c2ccc(C)cc2C)=C/C1=C\C1CC[C@@]1(C)C(=O)C[C@@](C)(Cc1ccc(C)cc1)C(=C)C.CC(=O)[C@H](Cc1ccc(O)cc1)NC(=O)[C@@H]1CCCN1/C=C1\N=C(c2ccc(Br)cc2)OC1=O.NC(=O)[C@H](Cc1ccc(O)cc1)NC(=O)[C@@H]1CCCN1/C=C1/N=C(c2ccc(Br)cc2)OC1=O. The average molecular weight is 2030 g/mol. The van der Waals surface area contributed by atoms with Gasteiger partial charge in [-0.05, 0) is 326 Å². The number of ether oxygens (including phenoxy) is 2. The van der Waals surface area contributed by atoms with Crippen LogP contribution in [0.5, 0.6) is 11.5 Å². The van der Waals surface area contributed by atoms with Gasteiger partial charge in [-0.1, -0.05) is 252 Å². The molecule has 2 unspecified atom stereocenters. The zero-order valence-electron chi connectivity index (χ0n) is 83.8. The summed E-state index contributed by atoms with van der Waals surface area (Å²) in [6.07, 6.45) is 21.8. The molecular weight excluding hydrogens is 1890 g/mol. The van der Waals surface area contributed by atoms with Crippen molar-refractivity contribution < 1.29 is 58.0 Å². The summed E-state index contributed by atoms with van der Waals surface area (Å²) in [4.78, 5) is 115. The number of nitrogens with zero attached hydrogens (tertiary/aromatic N) is 4. The number of amides is 3. The number of hydrogen-bond donors (Lipinski definition) is 5. The van der Waals surface area contributed by atoms with E-state index >= 15 is 0 Å². The van der Waals surface area contributed by atoms with Crippen molar-refractivity contribution in [1.82, 2.24) is 20.4 Å². The topological polar surface area (TPSA) is 277 Å². The number of hydrogen-bond acceptors (Lipinski definition) is 16. The molecule has 0 radical (unpaired) electrons. The summed E-state index contributed by atoms with van der Waals surface area (Å²) in [6.45, 7) is 48.1. The van der Waals surface area contributed by atoms with Crippen molar-refractivity contribution in [3.63, 3.8) is 0 Å². The first-order valence-electron chi connectivity index (χ1n) is 48.7. The van der Waals surface area contributed by atoms with Gasteiger partial charge in [0, 0.05) is 75.7 Å². The summed E-state index contributed by atoms with van der Waals surface area (Å²) in [5.74, 6) is -0.676. The Morgan fingerprint density at radius 3 is 1.32 bits per heavy atom. The van der Waals surface area contributed by atoms with Gasteiger partial charge in [0.1, 0.15) is 41.2 Å². The number of ketones is 3. The van der Waals surface area contributed by atoms with Crippen LogP contribution in [-0.2, 0) is 73.5 Å². The van der Waals surface area contributed by atoms with E-state index in [1.165, 1.54) is 114 Å². The molecular formula is C120H133Br2N7O12. The number of likely N-dealkylation sites (tertiary alicyclic amines) is 2. The minimum atomic E-state index is -0.911. The molecule has 16 rings (SSSR count). The van der Waals surface area contributed by atoms with Gasteiger partial charge in [-0.15, -0.1) is 0 Å². The normalized spacial score (nSPS) is 22.0. The third-order valence-electron chi connectivity index (χ3n) is 29.8. The maximum absolute atomic E-state index is 14.0. The number of aliphatic imine (C=N–C) groups is 2. The quantitative estimate of drug-likeness (QED) is 0.0159. The van der Waals surface area contributed by atoms with E-state index in [-0.39, 0.29) is 92.2 Å². The number of carbonyl (C=O) groups excluding carboxylic acids is 8. The Balaban J connectivity index is 0.000000158. The third-order valence-corrected chi connectivity index (χ3v) is 30.9. The Bertz CT molecular complexity index is 6290. The molecule has 4 aliphatic carbocycles. The van der Waals surface area contributed by atoms with Crippen molar-refractivity contribution in [2.75, 3.05) is 13.1 Å². The molecule has 10 atom stereocenters.